The molecular formula is C13H19NO3. The van der Waals surface area contributed by atoms with Gasteiger partial charge in [0, 0.05) is 0 Å². The number of aliphatic hydroxyl groups is 1. The van der Waals surface area contributed by atoms with E-state index < -0.39 is 6.10 Å². The maximum Gasteiger partial charge on any atom is 0.227 e. The van der Waals surface area contributed by atoms with Gasteiger partial charge in [0.25, 0.3) is 0 Å². The van der Waals surface area contributed by atoms with Crippen molar-refractivity contribution in [1.29, 1.82) is 0 Å². The van der Waals surface area contributed by atoms with Crippen LogP contribution in [0, 0.1) is 12.8 Å². The highest BCUT2D eigenvalue weighted by molar-refractivity contribution is 5.92. The van der Waals surface area contributed by atoms with Crippen LogP contribution in [0.2, 0.25) is 0 Å². The van der Waals surface area contributed by atoms with E-state index in [0.29, 0.717) is 5.69 Å². The van der Waals surface area contributed by atoms with Crippen LogP contribution >= 0.6 is 0 Å². The number of carbonyl (C=O) groups excluding carboxylic acids is 1. The third kappa shape index (κ3) is 4.07. The van der Waals surface area contributed by atoms with Crippen molar-refractivity contribution in [2.24, 2.45) is 5.92 Å². The zero-order valence-corrected chi connectivity index (χ0v) is 10.4. The standard InChI is InChI=1S/C13H19NO3/c1-8(2)12(16)7-13(17)14-10-6-9(3)4-5-11(10)15/h4-6,8,12,15-16H,7H2,1-3H3,(H,14,17). The number of aliphatic hydroxyl groups excluding tert-OH is 1. The van der Waals surface area contributed by atoms with Crippen molar-refractivity contribution in [2.45, 2.75) is 33.3 Å². The molecule has 1 rings (SSSR count). The van der Waals surface area contributed by atoms with Gasteiger partial charge in [0.15, 0.2) is 0 Å². The number of hydrogen-bond donors (Lipinski definition) is 3. The predicted molar refractivity (Wildman–Crippen MR) is 66.9 cm³/mol. The Kier molecular flexibility index (Phi) is 4.52. The molecule has 0 aliphatic carbocycles. The van der Waals surface area contributed by atoms with Crippen LogP contribution in [0.15, 0.2) is 18.2 Å². The van der Waals surface area contributed by atoms with E-state index in [-0.39, 0.29) is 24.0 Å². The number of aryl methyl sites for hydroxylation is 1. The van der Waals surface area contributed by atoms with Gasteiger partial charge in [-0.3, -0.25) is 4.79 Å². The lowest BCUT2D eigenvalue weighted by atomic mass is 10.0. The first kappa shape index (κ1) is 13.5. The number of hydrogen-bond acceptors (Lipinski definition) is 3. The number of anilines is 1. The molecule has 0 fully saturated rings. The van der Waals surface area contributed by atoms with Gasteiger partial charge in [0.1, 0.15) is 5.75 Å². The molecule has 0 radical (unpaired) electrons. The number of carbonyl (C=O) groups is 1. The highest BCUT2D eigenvalue weighted by atomic mass is 16.3. The minimum Gasteiger partial charge on any atom is -0.506 e. The maximum absolute atomic E-state index is 11.6. The van der Waals surface area contributed by atoms with E-state index in [4.69, 9.17) is 0 Å². The molecule has 0 aromatic heterocycles. The lowest BCUT2D eigenvalue weighted by molar-refractivity contribution is -0.118. The second-order valence-corrected chi connectivity index (χ2v) is 4.58. The number of benzene rings is 1. The second-order valence-electron chi connectivity index (χ2n) is 4.58. The minimum absolute atomic E-state index is 0.0305. The SMILES string of the molecule is Cc1ccc(O)c(NC(=O)CC(O)C(C)C)c1. The van der Waals surface area contributed by atoms with E-state index in [0.717, 1.165) is 5.56 Å². The van der Waals surface area contributed by atoms with Crippen LogP contribution in [-0.4, -0.2) is 22.2 Å². The first-order valence-corrected chi connectivity index (χ1v) is 5.67. The van der Waals surface area contributed by atoms with Gasteiger partial charge >= 0.3 is 0 Å². The number of phenols is 1. The fourth-order valence-corrected chi connectivity index (χ4v) is 1.38. The fraction of sp³-hybridized carbons (Fsp3) is 0.462. The largest absolute Gasteiger partial charge is 0.506 e. The molecule has 0 heterocycles. The monoisotopic (exact) mass is 237 g/mol. The van der Waals surface area contributed by atoms with Crippen LogP contribution in [0.5, 0.6) is 5.75 Å². The van der Waals surface area contributed by atoms with Crippen LogP contribution in [0.3, 0.4) is 0 Å². The van der Waals surface area contributed by atoms with E-state index in [1.807, 2.05) is 20.8 Å². The van der Waals surface area contributed by atoms with Crippen molar-refractivity contribution in [3.63, 3.8) is 0 Å². The quantitative estimate of drug-likeness (QED) is 0.702. The van der Waals surface area contributed by atoms with E-state index in [2.05, 4.69) is 5.32 Å². The van der Waals surface area contributed by atoms with Crippen molar-refractivity contribution in [1.82, 2.24) is 0 Å². The zero-order chi connectivity index (χ0) is 13.0. The van der Waals surface area contributed by atoms with Gasteiger partial charge in [0.2, 0.25) is 5.91 Å². The van der Waals surface area contributed by atoms with Crippen molar-refractivity contribution in [3.8, 4) is 5.75 Å². The van der Waals surface area contributed by atoms with E-state index in [1.54, 1.807) is 12.1 Å². The van der Waals surface area contributed by atoms with Crippen LogP contribution in [0.4, 0.5) is 5.69 Å². The molecule has 0 saturated heterocycles. The summed E-state index contributed by atoms with van der Waals surface area (Å²) in [6.45, 7) is 5.57. The maximum atomic E-state index is 11.6. The summed E-state index contributed by atoms with van der Waals surface area (Å²) in [6.07, 6.45) is -0.632. The minimum atomic E-state index is -0.665. The van der Waals surface area contributed by atoms with E-state index in [9.17, 15) is 15.0 Å². The van der Waals surface area contributed by atoms with Gasteiger partial charge in [-0.2, -0.15) is 0 Å². The Morgan fingerprint density at radius 2 is 2.06 bits per heavy atom. The molecule has 0 saturated carbocycles. The first-order valence-electron chi connectivity index (χ1n) is 5.67. The molecule has 1 amide bonds. The predicted octanol–water partition coefficient (Wildman–Crippen LogP) is 2.05. The van der Waals surface area contributed by atoms with Gasteiger partial charge in [0.05, 0.1) is 18.2 Å². The first-order chi connectivity index (χ1) is 7.90. The van der Waals surface area contributed by atoms with Gasteiger partial charge in [-0.05, 0) is 30.5 Å². The fourth-order valence-electron chi connectivity index (χ4n) is 1.38. The lowest BCUT2D eigenvalue weighted by Gasteiger charge is -2.14. The van der Waals surface area contributed by atoms with Crippen LogP contribution < -0.4 is 5.32 Å². The number of phenolic OH excluding ortho intramolecular Hbond substituents is 1. The summed E-state index contributed by atoms with van der Waals surface area (Å²) in [5.41, 5.74) is 1.33. The highest BCUT2D eigenvalue weighted by Gasteiger charge is 2.15. The molecule has 0 aliphatic heterocycles. The van der Waals surface area contributed by atoms with E-state index >= 15 is 0 Å². The summed E-state index contributed by atoms with van der Waals surface area (Å²) >= 11 is 0. The Morgan fingerprint density at radius 3 is 2.65 bits per heavy atom. The number of rotatable bonds is 4. The molecule has 17 heavy (non-hydrogen) atoms. The molecule has 94 valence electrons. The number of nitrogens with one attached hydrogen (secondary N) is 1. The lowest BCUT2D eigenvalue weighted by Crippen LogP contribution is -2.23. The van der Waals surface area contributed by atoms with Crippen LogP contribution in [-0.2, 0) is 4.79 Å². The zero-order valence-electron chi connectivity index (χ0n) is 10.4. The molecule has 4 nitrogen and oxygen atoms in total. The number of aromatic hydroxyl groups is 1. The molecule has 1 aromatic rings. The topological polar surface area (TPSA) is 69.6 Å². The third-order valence-electron chi connectivity index (χ3n) is 2.59. The Morgan fingerprint density at radius 1 is 1.41 bits per heavy atom. The third-order valence-corrected chi connectivity index (χ3v) is 2.59. The molecule has 1 aromatic carbocycles. The molecule has 0 spiro atoms. The summed E-state index contributed by atoms with van der Waals surface area (Å²) in [7, 11) is 0. The van der Waals surface area contributed by atoms with Gasteiger partial charge in [-0.25, -0.2) is 0 Å². The number of amides is 1. The normalized spacial score (nSPS) is 12.5. The molecule has 0 bridgehead atoms. The molecule has 0 aliphatic rings. The Hall–Kier alpha value is -1.55. The Balaban J connectivity index is 2.65. The molecule has 1 atom stereocenters. The summed E-state index contributed by atoms with van der Waals surface area (Å²) in [5, 5.41) is 21.7. The summed E-state index contributed by atoms with van der Waals surface area (Å²) in [6, 6.07) is 4.98. The second kappa shape index (κ2) is 5.68. The summed E-state index contributed by atoms with van der Waals surface area (Å²) < 4.78 is 0. The van der Waals surface area contributed by atoms with Crippen molar-refractivity contribution in [3.05, 3.63) is 23.8 Å². The van der Waals surface area contributed by atoms with Crippen molar-refractivity contribution in [2.75, 3.05) is 5.32 Å². The van der Waals surface area contributed by atoms with E-state index in [1.165, 1.54) is 6.07 Å². The summed E-state index contributed by atoms with van der Waals surface area (Å²) in [4.78, 5) is 11.6. The Labute approximate surface area is 101 Å². The van der Waals surface area contributed by atoms with Crippen molar-refractivity contribution >= 4 is 11.6 Å². The highest BCUT2D eigenvalue weighted by Crippen LogP contribution is 2.24. The summed E-state index contributed by atoms with van der Waals surface area (Å²) in [5.74, 6) is -0.234. The Bertz CT molecular complexity index is 402. The molecular weight excluding hydrogens is 218 g/mol. The molecule has 1 unspecified atom stereocenters. The van der Waals surface area contributed by atoms with Gasteiger partial charge in [-0.15, -0.1) is 0 Å². The average Bonchev–Trinajstić information content (AvgIpc) is 2.23. The van der Waals surface area contributed by atoms with Crippen LogP contribution in [0.25, 0.3) is 0 Å². The van der Waals surface area contributed by atoms with Gasteiger partial charge in [-0.1, -0.05) is 19.9 Å². The smallest absolute Gasteiger partial charge is 0.227 e. The molecule has 3 N–H and O–H groups in total. The van der Waals surface area contributed by atoms with Gasteiger partial charge < -0.3 is 15.5 Å². The molecule has 4 heteroatoms. The van der Waals surface area contributed by atoms with Crippen LogP contribution in [0.1, 0.15) is 25.8 Å². The average molecular weight is 237 g/mol. The van der Waals surface area contributed by atoms with Crippen molar-refractivity contribution < 1.29 is 15.0 Å².